The minimum Gasteiger partial charge on any atom is -0.459 e. The highest BCUT2D eigenvalue weighted by molar-refractivity contribution is 8.13. The Hall–Kier alpha value is -1.07. The van der Waals surface area contributed by atoms with Crippen molar-refractivity contribution >= 4 is 25.7 Å². The molecule has 0 unspecified atom stereocenters. The van der Waals surface area contributed by atoms with E-state index in [-0.39, 0.29) is 16.6 Å². The Labute approximate surface area is 123 Å². The number of hydrogen-bond donors (Lipinski definition) is 0. The lowest BCUT2D eigenvalue weighted by Gasteiger charge is -2.22. The first-order valence-corrected chi connectivity index (χ1v) is 8.95. The maximum absolute atomic E-state index is 12.2. The van der Waals surface area contributed by atoms with Crippen LogP contribution in [0.3, 0.4) is 0 Å². The summed E-state index contributed by atoms with van der Waals surface area (Å²) in [7, 11) is 1.46. The zero-order valence-electron chi connectivity index (χ0n) is 11.3. The van der Waals surface area contributed by atoms with Crippen molar-refractivity contribution in [3.8, 4) is 0 Å². The lowest BCUT2D eigenvalue weighted by atomic mass is 9.97. The number of carbonyl (C=O) groups excluding carboxylic acids is 1. The van der Waals surface area contributed by atoms with Gasteiger partial charge in [-0.1, -0.05) is 12.5 Å². The number of benzene rings is 1. The summed E-state index contributed by atoms with van der Waals surface area (Å²) in [5.74, 6) is -0.475. The first-order chi connectivity index (χ1) is 9.38. The minimum absolute atomic E-state index is 0.0630. The Morgan fingerprint density at radius 1 is 1.25 bits per heavy atom. The SMILES string of the molecule is Cc1ccc(S(=O)(=O)Cl)cc1C(=O)OC1CCCCC1. The Balaban J connectivity index is 2.20. The Bertz CT molecular complexity index is 604. The fourth-order valence-corrected chi connectivity index (χ4v) is 3.15. The van der Waals surface area contributed by atoms with Crippen molar-refractivity contribution < 1.29 is 17.9 Å². The summed E-state index contributed by atoms with van der Waals surface area (Å²) >= 11 is 0. The molecule has 1 fully saturated rings. The summed E-state index contributed by atoms with van der Waals surface area (Å²) < 4.78 is 28.1. The van der Waals surface area contributed by atoms with Gasteiger partial charge in [-0.25, -0.2) is 13.2 Å². The van der Waals surface area contributed by atoms with Crippen LogP contribution in [0.1, 0.15) is 48.0 Å². The van der Waals surface area contributed by atoms with Gasteiger partial charge in [-0.15, -0.1) is 0 Å². The van der Waals surface area contributed by atoms with Crippen LogP contribution >= 0.6 is 10.7 Å². The standard InChI is InChI=1S/C14H17ClO4S/c1-10-7-8-12(20(15,17)18)9-13(10)14(16)19-11-5-3-2-4-6-11/h7-9,11H,2-6H2,1H3. The highest BCUT2D eigenvalue weighted by Gasteiger charge is 2.21. The molecule has 0 heterocycles. The molecule has 0 aromatic heterocycles. The summed E-state index contributed by atoms with van der Waals surface area (Å²) in [5.41, 5.74) is 0.937. The number of aryl methyl sites for hydroxylation is 1. The maximum Gasteiger partial charge on any atom is 0.338 e. The highest BCUT2D eigenvalue weighted by Crippen LogP contribution is 2.24. The molecule has 0 N–H and O–H groups in total. The maximum atomic E-state index is 12.2. The summed E-state index contributed by atoms with van der Waals surface area (Å²) in [4.78, 5) is 12.1. The van der Waals surface area contributed by atoms with Crippen molar-refractivity contribution in [1.82, 2.24) is 0 Å². The first kappa shape index (κ1) is 15.3. The van der Waals surface area contributed by atoms with Crippen LogP contribution in [-0.2, 0) is 13.8 Å². The van der Waals surface area contributed by atoms with Crippen molar-refractivity contribution in [3.05, 3.63) is 29.3 Å². The molecule has 20 heavy (non-hydrogen) atoms. The van der Waals surface area contributed by atoms with Crippen molar-refractivity contribution in [3.63, 3.8) is 0 Å². The van der Waals surface area contributed by atoms with Gasteiger partial charge in [0.05, 0.1) is 10.5 Å². The van der Waals surface area contributed by atoms with E-state index < -0.39 is 15.0 Å². The van der Waals surface area contributed by atoms with Gasteiger partial charge in [0.1, 0.15) is 6.10 Å². The van der Waals surface area contributed by atoms with E-state index in [9.17, 15) is 13.2 Å². The van der Waals surface area contributed by atoms with E-state index in [0.29, 0.717) is 5.56 Å². The van der Waals surface area contributed by atoms with Crippen LogP contribution in [0.5, 0.6) is 0 Å². The summed E-state index contributed by atoms with van der Waals surface area (Å²) in [6, 6.07) is 4.23. The zero-order chi connectivity index (χ0) is 14.8. The average Bonchev–Trinajstić information content (AvgIpc) is 2.39. The lowest BCUT2D eigenvalue weighted by molar-refractivity contribution is 0.0210. The highest BCUT2D eigenvalue weighted by atomic mass is 35.7. The number of halogens is 1. The molecule has 1 aromatic rings. The van der Waals surface area contributed by atoms with E-state index in [2.05, 4.69) is 0 Å². The molecule has 0 atom stereocenters. The summed E-state index contributed by atoms with van der Waals surface area (Å²) in [6.07, 6.45) is 4.98. The van der Waals surface area contributed by atoms with Gasteiger partial charge in [0, 0.05) is 10.7 Å². The van der Waals surface area contributed by atoms with Crippen molar-refractivity contribution in [2.24, 2.45) is 0 Å². The molecule has 0 spiro atoms. The van der Waals surface area contributed by atoms with Gasteiger partial charge in [0.2, 0.25) is 0 Å². The monoisotopic (exact) mass is 316 g/mol. The lowest BCUT2D eigenvalue weighted by Crippen LogP contribution is -2.21. The molecule has 0 aliphatic heterocycles. The Morgan fingerprint density at radius 2 is 1.90 bits per heavy atom. The van der Waals surface area contributed by atoms with Gasteiger partial charge in [-0.05, 0) is 50.3 Å². The molecule has 1 aromatic carbocycles. The molecule has 1 saturated carbocycles. The number of ether oxygens (including phenoxy) is 1. The molecule has 0 bridgehead atoms. The molecular weight excluding hydrogens is 300 g/mol. The predicted molar refractivity (Wildman–Crippen MR) is 76.5 cm³/mol. The van der Waals surface area contributed by atoms with Crippen LogP contribution in [-0.4, -0.2) is 20.5 Å². The second-order valence-corrected chi connectivity index (χ2v) is 7.65. The fourth-order valence-electron chi connectivity index (χ4n) is 2.37. The van der Waals surface area contributed by atoms with Crippen LogP contribution in [0.15, 0.2) is 23.1 Å². The van der Waals surface area contributed by atoms with Gasteiger partial charge in [0.25, 0.3) is 9.05 Å². The number of carbonyl (C=O) groups is 1. The molecule has 0 amide bonds. The molecule has 110 valence electrons. The van der Waals surface area contributed by atoms with E-state index in [1.54, 1.807) is 13.0 Å². The van der Waals surface area contributed by atoms with E-state index in [4.69, 9.17) is 15.4 Å². The zero-order valence-corrected chi connectivity index (χ0v) is 12.8. The molecule has 6 heteroatoms. The van der Waals surface area contributed by atoms with Crippen molar-refractivity contribution in [2.45, 2.75) is 50.0 Å². The molecule has 1 aliphatic carbocycles. The van der Waals surface area contributed by atoms with Gasteiger partial charge >= 0.3 is 5.97 Å². The molecular formula is C14H17ClO4S. The van der Waals surface area contributed by atoms with Gasteiger partial charge in [-0.2, -0.15) is 0 Å². The van der Waals surface area contributed by atoms with Gasteiger partial charge in [0.15, 0.2) is 0 Å². The minimum atomic E-state index is -3.84. The number of rotatable bonds is 3. The molecule has 4 nitrogen and oxygen atoms in total. The van der Waals surface area contributed by atoms with Crippen LogP contribution in [0.25, 0.3) is 0 Å². The number of hydrogen-bond acceptors (Lipinski definition) is 4. The number of esters is 1. The van der Waals surface area contributed by atoms with E-state index >= 15 is 0 Å². The summed E-state index contributed by atoms with van der Waals surface area (Å²) in [6.45, 7) is 1.74. The second-order valence-electron chi connectivity index (χ2n) is 5.08. The average molecular weight is 317 g/mol. The molecule has 2 rings (SSSR count). The van der Waals surface area contributed by atoms with E-state index in [1.807, 2.05) is 0 Å². The third-order valence-electron chi connectivity index (χ3n) is 3.54. The molecule has 0 saturated heterocycles. The van der Waals surface area contributed by atoms with E-state index in [1.165, 1.54) is 18.6 Å². The quantitative estimate of drug-likeness (QED) is 0.633. The Morgan fingerprint density at radius 3 is 2.50 bits per heavy atom. The normalized spacial score (nSPS) is 16.9. The summed E-state index contributed by atoms with van der Waals surface area (Å²) in [5, 5.41) is 0. The second kappa shape index (κ2) is 6.14. The smallest absolute Gasteiger partial charge is 0.338 e. The van der Waals surface area contributed by atoms with Crippen molar-refractivity contribution in [2.75, 3.05) is 0 Å². The van der Waals surface area contributed by atoms with Crippen molar-refractivity contribution in [1.29, 1.82) is 0 Å². The van der Waals surface area contributed by atoms with Crippen LogP contribution in [0, 0.1) is 6.92 Å². The molecule has 0 radical (unpaired) electrons. The third kappa shape index (κ3) is 3.73. The van der Waals surface area contributed by atoms with E-state index in [0.717, 1.165) is 25.7 Å². The van der Waals surface area contributed by atoms with Crippen LogP contribution < -0.4 is 0 Å². The fraction of sp³-hybridized carbons (Fsp3) is 0.500. The largest absolute Gasteiger partial charge is 0.459 e. The van der Waals surface area contributed by atoms with Crippen LogP contribution in [0.4, 0.5) is 0 Å². The molecule has 1 aliphatic rings. The van der Waals surface area contributed by atoms with Gasteiger partial charge < -0.3 is 4.74 Å². The topological polar surface area (TPSA) is 60.4 Å². The third-order valence-corrected chi connectivity index (χ3v) is 4.89. The predicted octanol–water partition coefficient (Wildman–Crippen LogP) is 3.41. The van der Waals surface area contributed by atoms with Gasteiger partial charge in [-0.3, -0.25) is 0 Å². The first-order valence-electron chi connectivity index (χ1n) is 6.64. The van der Waals surface area contributed by atoms with Crippen LogP contribution in [0.2, 0.25) is 0 Å². The Kier molecular flexibility index (Phi) is 4.70.